The van der Waals surface area contributed by atoms with Gasteiger partial charge in [0.25, 0.3) is 0 Å². The average molecular weight is 230 g/mol. The number of rotatable bonds is 6. The second kappa shape index (κ2) is 6.13. The summed E-state index contributed by atoms with van der Waals surface area (Å²) in [4.78, 5) is 0. The van der Waals surface area contributed by atoms with Gasteiger partial charge in [0.15, 0.2) is 0 Å². The molecule has 0 aromatic carbocycles. The smallest absolute Gasteiger partial charge is 0.0834 e. The van der Waals surface area contributed by atoms with Gasteiger partial charge >= 0.3 is 0 Å². The number of hydrogen-bond donors (Lipinski definition) is 1. The molecule has 4 heteroatoms. The molecule has 3 nitrogen and oxygen atoms in total. The van der Waals surface area contributed by atoms with Crippen molar-refractivity contribution in [3.63, 3.8) is 0 Å². The fourth-order valence-corrected chi connectivity index (χ4v) is 2.11. The van der Waals surface area contributed by atoms with Crippen LogP contribution in [0.25, 0.3) is 0 Å². The summed E-state index contributed by atoms with van der Waals surface area (Å²) in [7, 11) is 0. The van der Waals surface area contributed by atoms with Gasteiger partial charge in [-0.25, -0.2) is 0 Å². The van der Waals surface area contributed by atoms with E-state index >= 15 is 0 Å². The van der Waals surface area contributed by atoms with Crippen LogP contribution in [0.1, 0.15) is 45.3 Å². The van der Waals surface area contributed by atoms with Gasteiger partial charge in [0.1, 0.15) is 0 Å². The van der Waals surface area contributed by atoms with E-state index in [0.717, 1.165) is 36.6 Å². The predicted octanol–water partition coefficient (Wildman–Crippen LogP) is 3.01. The van der Waals surface area contributed by atoms with E-state index in [2.05, 4.69) is 31.2 Å². The van der Waals surface area contributed by atoms with Crippen LogP contribution in [-0.4, -0.2) is 16.3 Å². The van der Waals surface area contributed by atoms with Gasteiger partial charge in [-0.15, -0.1) is 0 Å². The van der Waals surface area contributed by atoms with E-state index in [-0.39, 0.29) is 0 Å². The van der Waals surface area contributed by atoms with Gasteiger partial charge in [0, 0.05) is 6.54 Å². The summed E-state index contributed by atoms with van der Waals surface area (Å²) in [6.07, 6.45) is 3.97. The molecule has 0 fully saturated rings. The topological polar surface area (TPSA) is 29.9 Å². The van der Waals surface area contributed by atoms with Crippen LogP contribution in [0.15, 0.2) is 6.20 Å². The Hall–Kier alpha value is -0.540. The van der Waals surface area contributed by atoms with Gasteiger partial charge in [0.05, 0.1) is 23.0 Å². The maximum atomic E-state index is 6.17. The number of hydrogen-bond acceptors (Lipinski definition) is 2. The number of aryl methyl sites for hydroxylation is 1. The summed E-state index contributed by atoms with van der Waals surface area (Å²) in [6.45, 7) is 8.21. The summed E-state index contributed by atoms with van der Waals surface area (Å²) in [5.41, 5.74) is 1.13. The van der Waals surface area contributed by atoms with E-state index in [9.17, 15) is 0 Å². The Balaban J connectivity index is 2.92. The molecule has 1 aromatic heterocycles. The standard InChI is InChI=1S/C11H20ClN3/c1-4-7-10(13-5-2)11-9(12)8-14-15(11)6-3/h8,10,13H,4-7H2,1-3H3. The van der Waals surface area contributed by atoms with Gasteiger partial charge in [-0.1, -0.05) is 31.9 Å². The number of aromatic nitrogens is 2. The molecule has 1 heterocycles. The van der Waals surface area contributed by atoms with Crippen LogP contribution in [0.4, 0.5) is 0 Å². The highest BCUT2D eigenvalue weighted by Gasteiger charge is 2.17. The third kappa shape index (κ3) is 2.95. The molecule has 0 spiro atoms. The number of nitrogens with one attached hydrogen (secondary N) is 1. The molecule has 1 atom stereocenters. The summed E-state index contributed by atoms with van der Waals surface area (Å²) >= 11 is 6.17. The maximum absolute atomic E-state index is 6.17. The third-order valence-electron chi connectivity index (χ3n) is 2.49. The molecule has 86 valence electrons. The largest absolute Gasteiger partial charge is 0.309 e. The van der Waals surface area contributed by atoms with Crippen molar-refractivity contribution in [1.82, 2.24) is 15.1 Å². The summed E-state index contributed by atoms with van der Waals surface area (Å²) in [6, 6.07) is 0.329. The highest BCUT2D eigenvalue weighted by atomic mass is 35.5. The third-order valence-corrected chi connectivity index (χ3v) is 2.78. The maximum Gasteiger partial charge on any atom is 0.0834 e. The van der Waals surface area contributed by atoms with E-state index in [1.807, 2.05) is 4.68 Å². The van der Waals surface area contributed by atoms with Crippen LogP contribution >= 0.6 is 11.6 Å². The minimum atomic E-state index is 0.329. The Kier molecular flexibility index (Phi) is 5.12. The molecule has 0 radical (unpaired) electrons. The van der Waals surface area contributed by atoms with Crippen molar-refractivity contribution in [2.75, 3.05) is 6.54 Å². The first-order valence-electron chi connectivity index (χ1n) is 5.69. The average Bonchev–Trinajstić information content (AvgIpc) is 2.59. The molecule has 0 bridgehead atoms. The zero-order valence-electron chi connectivity index (χ0n) is 9.76. The molecule has 1 unspecified atom stereocenters. The van der Waals surface area contributed by atoms with Crippen LogP contribution in [0.5, 0.6) is 0 Å². The lowest BCUT2D eigenvalue weighted by atomic mass is 10.1. The minimum absolute atomic E-state index is 0.329. The first kappa shape index (κ1) is 12.5. The molecule has 0 saturated carbocycles. The van der Waals surface area contributed by atoms with Crippen LogP contribution in [0.2, 0.25) is 5.02 Å². The van der Waals surface area contributed by atoms with E-state index < -0.39 is 0 Å². The van der Waals surface area contributed by atoms with Gasteiger partial charge in [-0.2, -0.15) is 5.10 Å². The van der Waals surface area contributed by atoms with Crippen LogP contribution < -0.4 is 5.32 Å². The Bertz CT molecular complexity index is 290. The predicted molar refractivity (Wildman–Crippen MR) is 64.2 cm³/mol. The molecule has 15 heavy (non-hydrogen) atoms. The summed E-state index contributed by atoms with van der Waals surface area (Å²) in [5.74, 6) is 0. The Labute approximate surface area is 96.8 Å². The normalized spacial score (nSPS) is 13.1. The SMILES string of the molecule is CCCC(NCC)c1c(Cl)cnn1CC. The van der Waals surface area contributed by atoms with Gasteiger partial charge in [-0.3, -0.25) is 4.68 Å². The molecule has 0 amide bonds. The van der Waals surface area contributed by atoms with Crippen molar-refractivity contribution in [2.24, 2.45) is 0 Å². The van der Waals surface area contributed by atoms with Crippen LogP contribution in [0.3, 0.4) is 0 Å². The van der Waals surface area contributed by atoms with E-state index in [0.29, 0.717) is 6.04 Å². The molecule has 1 rings (SSSR count). The molecular formula is C11H20ClN3. The van der Waals surface area contributed by atoms with E-state index in [1.165, 1.54) is 0 Å². The van der Waals surface area contributed by atoms with E-state index in [4.69, 9.17) is 11.6 Å². The minimum Gasteiger partial charge on any atom is -0.309 e. The molecule has 0 saturated heterocycles. The first-order valence-corrected chi connectivity index (χ1v) is 6.06. The Morgan fingerprint density at radius 1 is 1.47 bits per heavy atom. The van der Waals surface area contributed by atoms with Crippen LogP contribution in [0, 0.1) is 0 Å². The molecule has 0 aliphatic heterocycles. The van der Waals surface area contributed by atoms with Crippen molar-refractivity contribution in [1.29, 1.82) is 0 Å². The lowest BCUT2D eigenvalue weighted by molar-refractivity contribution is 0.463. The zero-order chi connectivity index (χ0) is 11.3. The fraction of sp³-hybridized carbons (Fsp3) is 0.727. The molecular weight excluding hydrogens is 210 g/mol. The second-order valence-electron chi connectivity index (χ2n) is 3.59. The summed E-state index contributed by atoms with van der Waals surface area (Å²) < 4.78 is 1.98. The van der Waals surface area contributed by atoms with Crippen LogP contribution in [-0.2, 0) is 6.54 Å². The highest BCUT2D eigenvalue weighted by molar-refractivity contribution is 6.31. The van der Waals surface area contributed by atoms with E-state index in [1.54, 1.807) is 6.20 Å². The molecule has 0 aliphatic carbocycles. The number of nitrogens with zero attached hydrogens (tertiary/aromatic N) is 2. The van der Waals surface area contributed by atoms with Crippen molar-refractivity contribution in [3.8, 4) is 0 Å². The Morgan fingerprint density at radius 3 is 2.73 bits per heavy atom. The number of halogens is 1. The fourth-order valence-electron chi connectivity index (χ4n) is 1.84. The zero-order valence-corrected chi connectivity index (χ0v) is 10.5. The van der Waals surface area contributed by atoms with Crippen molar-refractivity contribution in [3.05, 3.63) is 16.9 Å². The molecule has 1 N–H and O–H groups in total. The van der Waals surface area contributed by atoms with Gasteiger partial charge in [-0.05, 0) is 19.9 Å². The lowest BCUT2D eigenvalue weighted by Crippen LogP contribution is -2.24. The molecule has 0 aliphatic rings. The monoisotopic (exact) mass is 229 g/mol. The Morgan fingerprint density at radius 2 is 2.20 bits per heavy atom. The van der Waals surface area contributed by atoms with Crippen molar-refractivity contribution < 1.29 is 0 Å². The first-order chi connectivity index (χ1) is 7.24. The highest BCUT2D eigenvalue weighted by Crippen LogP contribution is 2.25. The second-order valence-corrected chi connectivity index (χ2v) is 4.00. The van der Waals surface area contributed by atoms with Crippen molar-refractivity contribution in [2.45, 2.75) is 46.2 Å². The van der Waals surface area contributed by atoms with Gasteiger partial charge in [0.2, 0.25) is 0 Å². The lowest BCUT2D eigenvalue weighted by Gasteiger charge is -2.18. The quantitative estimate of drug-likeness (QED) is 0.813. The van der Waals surface area contributed by atoms with Gasteiger partial charge < -0.3 is 5.32 Å². The molecule has 1 aromatic rings. The van der Waals surface area contributed by atoms with Crippen molar-refractivity contribution >= 4 is 11.6 Å². The summed E-state index contributed by atoms with van der Waals surface area (Å²) in [5, 5.41) is 8.49.